The van der Waals surface area contributed by atoms with Gasteiger partial charge in [-0.25, -0.2) is 0 Å². The molecule has 3 aromatic carbocycles. The fourth-order valence-electron chi connectivity index (χ4n) is 4.08. The minimum absolute atomic E-state index is 0.0641. The molecule has 2 aliphatic rings. The van der Waals surface area contributed by atoms with Gasteiger partial charge in [0.15, 0.2) is 5.17 Å². The number of hydrogen-bond donors (Lipinski definition) is 0. The summed E-state index contributed by atoms with van der Waals surface area (Å²) >= 11 is 1.31. The fraction of sp³-hybridized carbons (Fsp3) is 0.185. The lowest BCUT2D eigenvalue weighted by molar-refractivity contribution is -0.113. The van der Waals surface area contributed by atoms with Crippen molar-refractivity contribution in [3.8, 4) is 5.75 Å². The van der Waals surface area contributed by atoms with Crippen LogP contribution in [0.3, 0.4) is 0 Å². The first kappa shape index (κ1) is 24.1. The molecule has 0 unspecified atom stereocenters. The molecule has 0 radical (unpaired) electrons. The first-order chi connectivity index (χ1) is 17.4. The van der Waals surface area contributed by atoms with Gasteiger partial charge in [-0.1, -0.05) is 48.5 Å². The Bertz CT molecular complexity index is 1440. The number of nitrogens with zero attached hydrogens (tertiary/aromatic N) is 3. The third-order valence-electron chi connectivity index (χ3n) is 5.96. The summed E-state index contributed by atoms with van der Waals surface area (Å²) in [5.41, 5.74) is 2.93. The Labute approximate surface area is 215 Å². The summed E-state index contributed by atoms with van der Waals surface area (Å²) in [5.74, 6) is -0.181. The van der Waals surface area contributed by atoms with Gasteiger partial charge in [0.05, 0.1) is 4.91 Å². The molecule has 0 bridgehead atoms. The molecule has 0 atom stereocenters. The second-order valence-electron chi connectivity index (χ2n) is 8.51. The summed E-state index contributed by atoms with van der Waals surface area (Å²) in [5, 5.41) is 0.672. The SMILES string of the molecule is Cc1cccc(N2CCN(C3=NC(=O)/C(=C/c4ccccc4OS(=O)(=O)c4ccccc4)S3)CC2)c1. The fourth-order valence-corrected chi connectivity index (χ4v) is 6.01. The highest BCUT2D eigenvalue weighted by Crippen LogP contribution is 2.33. The van der Waals surface area contributed by atoms with Crippen LogP contribution >= 0.6 is 11.8 Å². The van der Waals surface area contributed by atoms with Crippen LogP contribution in [0, 0.1) is 6.92 Å². The normalized spacial score (nSPS) is 17.4. The molecule has 1 fully saturated rings. The van der Waals surface area contributed by atoms with E-state index in [9.17, 15) is 13.2 Å². The molecule has 0 aliphatic carbocycles. The zero-order chi connectivity index (χ0) is 25.1. The van der Waals surface area contributed by atoms with E-state index in [4.69, 9.17) is 4.18 Å². The number of hydrogen-bond acceptors (Lipinski definition) is 7. The average Bonchev–Trinajstić information content (AvgIpc) is 3.25. The number of amides is 1. The number of rotatable bonds is 5. The molecular formula is C27H25N3O4S2. The van der Waals surface area contributed by atoms with Crippen molar-refractivity contribution in [2.24, 2.45) is 4.99 Å². The van der Waals surface area contributed by atoms with E-state index in [1.807, 2.05) is 0 Å². The van der Waals surface area contributed by atoms with Gasteiger partial charge in [0, 0.05) is 37.4 Å². The summed E-state index contributed by atoms with van der Waals surface area (Å²) < 4.78 is 30.9. The number of amidine groups is 1. The molecule has 1 amide bonds. The lowest BCUT2D eigenvalue weighted by Crippen LogP contribution is -2.47. The summed E-state index contributed by atoms with van der Waals surface area (Å²) in [6.45, 7) is 5.28. The van der Waals surface area contributed by atoms with Crippen LogP contribution in [0.5, 0.6) is 5.75 Å². The van der Waals surface area contributed by atoms with Crippen LogP contribution in [0.4, 0.5) is 5.69 Å². The number of thioether (sulfide) groups is 1. The largest absolute Gasteiger partial charge is 0.378 e. The number of carbonyl (C=O) groups excluding carboxylic acids is 1. The maximum Gasteiger partial charge on any atom is 0.339 e. The van der Waals surface area contributed by atoms with Crippen LogP contribution in [0.1, 0.15) is 11.1 Å². The predicted molar refractivity (Wildman–Crippen MR) is 144 cm³/mol. The quantitative estimate of drug-likeness (QED) is 0.361. The van der Waals surface area contributed by atoms with Crippen LogP contribution < -0.4 is 9.08 Å². The van der Waals surface area contributed by atoms with Crippen molar-refractivity contribution in [2.75, 3.05) is 31.1 Å². The molecule has 3 aromatic rings. The molecule has 0 saturated carbocycles. The predicted octanol–water partition coefficient (Wildman–Crippen LogP) is 4.56. The summed E-state index contributed by atoms with van der Waals surface area (Å²) in [7, 11) is -4.00. The maximum absolute atomic E-state index is 12.7. The number of carbonyl (C=O) groups is 1. The summed E-state index contributed by atoms with van der Waals surface area (Å²) in [6, 6.07) is 23.2. The Hall–Kier alpha value is -3.56. The first-order valence-electron chi connectivity index (χ1n) is 11.6. The van der Waals surface area contributed by atoms with Gasteiger partial charge in [-0.2, -0.15) is 13.4 Å². The standard InChI is InChI=1S/C27H25N3O4S2/c1-20-8-7-10-22(18-20)29-14-16-30(17-15-29)27-28-26(31)25(35-27)19-21-9-5-6-13-24(21)34-36(32,33)23-11-3-2-4-12-23/h2-13,18-19H,14-17H2,1H3/b25-19-. The number of benzene rings is 3. The Balaban J connectivity index is 1.28. The first-order valence-corrected chi connectivity index (χ1v) is 13.8. The number of piperazine rings is 1. The zero-order valence-electron chi connectivity index (χ0n) is 19.7. The minimum Gasteiger partial charge on any atom is -0.378 e. The topological polar surface area (TPSA) is 79.3 Å². The van der Waals surface area contributed by atoms with E-state index in [2.05, 4.69) is 46.0 Å². The van der Waals surface area contributed by atoms with E-state index < -0.39 is 10.1 Å². The lowest BCUT2D eigenvalue weighted by Gasteiger charge is -2.36. The number of anilines is 1. The number of aryl methyl sites for hydroxylation is 1. The van der Waals surface area contributed by atoms with Gasteiger partial charge in [0.25, 0.3) is 5.91 Å². The van der Waals surface area contributed by atoms with Crippen LogP contribution in [-0.2, 0) is 14.9 Å². The van der Waals surface area contributed by atoms with E-state index in [0.29, 0.717) is 15.6 Å². The van der Waals surface area contributed by atoms with Gasteiger partial charge in [0.2, 0.25) is 0 Å². The molecule has 184 valence electrons. The monoisotopic (exact) mass is 519 g/mol. The van der Waals surface area contributed by atoms with Gasteiger partial charge in [0.1, 0.15) is 10.6 Å². The molecule has 5 rings (SSSR count). The van der Waals surface area contributed by atoms with Crippen LogP contribution in [0.15, 0.2) is 93.7 Å². The van der Waals surface area contributed by atoms with Crippen molar-refractivity contribution in [3.05, 3.63) is 94.9 Å². The molecule has 2 aliphatic heterocycles. The summed E-state index contributed by atoms with van der Waals surface area (Å²) in [4.78, 5) is 21.9. The molecule has 1 saturated heterocycles. The highest BCUT2D eigenvalue weighted by molar-refractivity contribution is 8.18. The van der Waals surface area contributed by atoms with Crippen LogP contribution in [0.2, 0.25) is 0 Å². The Morgan fingerprint density at radius 3 is 2.33 bits per heavy atom. The van der Waals surface area contributed by atoms with Gasteiger partial charge >= 0.3 is 10.1 Å². The molecule has 36 heavy (non-hydrogen) atoms. The maximum atomic E-state index is 12.7. The highest BCUT2D eigenvalue weighted by Gasteiger charge is 2.29. The van der Waals surface area contributed by atoms with Crippen molar-refractivity contribution in [1.29, 1.82) is 0 Å². The third-order valence-corrected chi connectivity index (χ3v) is 8.26. The van der Waals surface area contributed by atoms with Crippen molar-refractivity contribution >= 4 is 44.7 Å². The van der Waals surface area contributed by atoms with E-state index in [1.54, 1.807) is 48.5 Å². The number of para-hydroxylation sites is 1. The van der Waals surface area contributed by atoms with Gasteiger partial charge < -0.3 is 14.0 Å². The third kappa shape index (κ3) is 5.32. The zero-order valence-corrected chi connectivity index (χ0v) is 21.3. The van der Waals surface area contributed by atoms with Crippen molar-refractivity contribution in [2.45, 2.75) is 11.8 Å². The van der Waals surface area contributed by atoms with Gasteiger partial charge in [-0.15, -0.1) is 0 Å². The second kappa shape index (κ2) is 10.2. The second-order valence-corrected chi connectivity index (χ2v) is 11.1. The smallest absolute Gasteiger partial charge is 0.339 e. The van der Waals surface area contributed by atoms with Crippen LogP contribution in [0.25, 0.3) is 6.08 Å². The van der Waals surface area contributed by atoms with Crippen molar-refractivity contribution < 1.29 is 17.4 Å². The highest BCUT2D eigenvalue weighted by atomic mass is 32.2. The van der Waals surface area contributed by atoms with Gasteiger partial charge in [-0.05, 0) is 60.7 Å². The Kier molecular flexibility index (Phi) is 6.84. The van der Waals surface area contributed by atoms with E-state index in [1.165, 1.54) is 35.1 Å². The Morgan fingerprint density at radius 2 is 1.58 bits per heavy atom. The molecule has 0 N–H and O–H groups in total. The van der Waals surface area contributed by atoms with E-state index in [0.717, 1.165) is 26.2 Å². The van der Waals surface area contributed by atoms with E-state index >= 15 is 0 Å². The average molecular weight is 520 g/mol. The molecular weight excluding hydrogens is 494 g/mol. The number of aliphatic imine (C=N–C) groups is 1. The van der Waals surface area contributed by atoms with Crippen LogP contribution in [-0.4, -0.2) is 50.6 Å². The Morgan fingerprint density at radius 1 is 0.889 bits per heavy atom. The minimum atomic E-state index is -4.00. The van der Waals surface area contributed by atoms with Gasteiger partial charge in [-0.3, -0.25) is 4.79 Å². The molecule has 7 nitrogen and oxygen atoms in total. The molecule has 0 spiro atoms. The lowest BCUT2D eigenvalue weighted by atomic mass is 10.2. The van der Waals surface area contributed by atoms with Crippen molar-refractivity contribution in [3.63, 3.8) is 0 Å². The summed E-state index contributed by atoms with van der Waals surface area (Å²) in [6.07, 6.45) is 1.64. The molecule has 9 heteroatoms. The van der Waals surface area contributed by atoms with Crippen molar-refractivity contribution in [1.82, 2.24) is 4.90 Å². The molecule has 2 heterocycles. The van der Waals surface area contributed by atoms with E-state index in [-0.39, 0.29) is 16.6 Å². The molecule has 0 aromatic heterocycles.